The summed E-state index contributed by atoms with van der Waals surface area (Å²) in [5, 5.41) is 12.3. The van der Waals surface area contributed by atoms with E-state index in [4.69, 9.17) is 0 Å². The third-order valence-corrected chi connectivity index (χ3v) is 4.20. The molecule has 122 valence electrons. The van der Waals surface area contributed by atoms with Gasteiger partial charge in [0.2, 0.25) is 5.91 Å². The zero-order chi connectivity index (χ0) is 17.0. The highest BCUT2D eigenvalue weighted by Crippen LogP contribution is 2.26. The Morgan fingerprint density at radius 1 is 1.30 bits per heavy atom. The SMILES string of the molecule is CNC(=O)NC(=O)[C@@H](C)Sc1nnc(-c2ccccc2F)n1C. The van der Waals surface area contributed by atoms with Gasteiger partial charge in [-0.2, -0.15) is 0 Å². The fraction of sp³-hybridized carbons (Fsp3) is 0.286. The normalized spacial score (nSPS) is 11.8. The van der Waals surface area contributed by atoms with Crippen LogP contribution >= 0.6 is 11.8 Å². The van der Waals surface area contributed by atoms with Crippen molar-refractivity contribution in [2.45, 2.75) is 17.3 Å². The van der Waals surface area contributed by atoms with Crippen LogP contribution in [-0.2, 0) is 11.8 Å². The molecule has 1 atom stereocenters. The van der Waals surface area contributed by atoms with E-state index >= 15 is 0 Å². The van der Waals surface area contributed by atoms with Crippen molar-refractivity contribution >= 4 is 23.7 Å². The largest absolute Gasteiger partial charge is 0.341 e. The Morgan fingerprint density at radius 2 is 2.00 bits per heavy atom. The van der Waals surface area contributed by atoms with Crippen LogP contribution in [0.2, 0.25) is 0 Å². The van der Waals surface area contributed by atoms with Crippen LogP contribution in [-0.4, -0.2) is 39.0 Å². The van der Waals surface area contributed by atoms with Crippen molar-refractivity contribution < 1.29 is 14.0 Å². The lowest BCUT2D eigenvalue weighted by Crippen LogP contribution is -2.41. The summed E-state index contributed by atoms with van der Waals surface area (Å²) in [5.74, 6) is -0.487. The number of amides is 3. The maximum Gasteiger partial charge on any atom is 0.321 e. The van der Waals surface area contributed by atoms with Crippen molar-refractivity contribution in [2.75, 3.05) is 7.05 Å². The molecule has 0 aliphatic heterocycles. The molecule has 1 aromatic carbocycles. The van der Waals surface area contributed by atoms with Crippen molar-refractivity contribution in [3.63, 3.8) is 0 Å². The van der Waals surface area contributed by atoms with E-state index in [1.807, 2.05) is 0 Å². The molecule has 0 saturated heterocycles. The first-order chi connectivity index (χ1) is 10.9. The molecular formula is C14H16FN5O2S. The second kappa shape index (κ2) is 7.23. The van der Waals surface area contributed by atoms with Gasteiger partial charge >= 0.3 is 6.03 Å². The van der Waals surface area contributed by atoms with E-state index in [1.165, 1.54) is 13.1 Å². The van der Waals surface area contributed by atoms with Gasteiger partial charge in [-0.3, -0.25) is 10.1 Å². The molecular weight excluding hydrogens is 321 g/mol. The summed E-state index contributed by atoms with van der Waals surface area (Å²) < 4.78 is 15.4. The topological polar surface area (TPSA) is 88.9 Å². The Balaban J connectivity index is 2.15. The average Bonchev–Trinajstić information content (AvgIpc) is 2.88. The summed E-state index contributed by atoms with van der Waals surface area (Å²) >= 11 is 1.13. The van der Waals surface area contributed by atoms with Crippen LogP contribution in [0.25, 0.3) is 11.4 Å². The van der Waals surface area contributed by atoms with Crippen molar-refractivity contribution in [1.29, 1.82) is 0 Å². The van der Waals surface area contributed by atoms with Crippen LogP contribution < -0.4 is 10.6 Å². The van der Waals surface area contributed by atoms with Gasteiger partial charge in [-0.15, -0.1) is 10.2 Å². The molecule has 0 bridgehead atoms. The molecule has 0 saturated carbocycles. The molecule has 1 heterocycles. The predicted octanol–water partition coefficient (Wildman–Crippen LogP) is 1.56. The molecule has 2 rings (SSSR count). The fourth-order valence-corrected chi connectivity index (χ4v) is 2.60. The number of rotatable bonds is 4. The van der Waals surface area contributed by atoms with Crippen molar-refractivity contribution in [1.82, 2.24) is 25.4 Å². The van der Waals surface area contributed by atoms with Crippen LogP contribution in [0.1, 0.15) is 6.92 Å². The molecule has 23 heavy (non-hydrogen) atoms. The monoisotopic (exact) mass is 337 g/mol. The number of urea groups is 1. The lowest BCUT2D eigenvalue weighted by Gasteiger charge is -2.10. The summed E-state index contributed by atoms with van der Waals surface area (Å²) in [7, 11) is 3.11. The number of hydrogen-bond acceptors (Lipinski definition) is 5. The predicted molar refractivity (Wildman–Crippen MR) is 84.3 cm³/mol. The van der Waals surface area contributed by atoms with E-state index in [-0.39, 0.29) is 0 Å². The number of benzene rings is 1. The van der Waals surface area contributed by atoms with Crippen LogP contribution in [0.3, 0.4) is 0 Å². The van der Waals surface area contributed by atoms with Gasteiger partial charge in [-0.25, -0.2) is 9.18 Å². The van der Waals surface area contributed by atoms with Crippen molar-refractivity contribution in [2.24, 2.45) is 7.05 Å². The zero-order valence-corrected chi connectivity index (χ0v) is 13.6. The Hall–Kier alpha value is -2.42. The molecule has 0 unspecified atom stereocenters. The van der Waals surface area contributed by atoms with Gasteiger partial charge in [-0.05, 0) is 19.1 Å². The molecule has 0 radical (unpaired) electrons. The zero-order valence-electron chi connectivity index (χ0n) is 12.8. The van der Waals surface area contributed by atoms with E-state index in [1.54, 1.807) is 36.7 Å². The molecule has 0 fully saturated rings. The van der Waals surface area contributed by atoms with Gasteiger partial charge < -0.3 is 9.88 Å². The highest BCUT2D eigenvalue weighted by Gasteiger charge is 2.21. The van der Waals surface area contributed by atoms with Gasteiger partial charge in [0.1, 0.15) is 5.82 Å². The maximum absolute atomic E-state index is 13.8. The van der Waals surface area contributed by atoms with Crippen LogP contribution in [0.15, 0.2) is 29.4 Å². The molecule has 7 nitrogen and oxygen atoms in total. The summed E-state index contributed by atoms with van der Waals surface area (Å²) in [6.07, 6.45) is 0. The summed E-state index contributed by atoms with van der Waals surface area (Å²) in [6.45, 7) is 1.64. The number of carbonyl (C=O) groups excluding carboxylic acids is 2. The first-order valence-electron chi connectivity index (χ1n) is 6.77. The summed E-state index contributed by atoms with van der Waals surface area (Å²) in [6, 6.07) is 5.67. The minimum absolute atomic E-state index is 0.330. The quantitative estimate of drug-likeness (QED) is 0.827. The molecule has 2 aromatic rings. The van der Waals surface area contributed by atoms with Crippen LogP contribution in [0, 0.1) is 5.82 Å². The molecule has 0 aliphatic carbocycles. The maximum atomic E-state index is 13.8. The lowest BCUT2D eigenvalue weighted by atomic mass is 10.2. The van der Waals surface area contributed by atoms with E-state index in [9.17, 15) is 14.0 Å². The first-order valence-corrected chi connectivity index (χ1v) is 7.65. The molecule has 1 aromatic heterocycles. The van der Waals surface area contributed by atoms with Crippen molar-refractivity contribution in [3.8, 4) is 11.4 Å². The second-order valence-corrected chi connectivity index (χ2v) is 5.98. The second-order valence-electron chi connectivity index (χ2n) is 4.67. The van der Waals surface area contributed by atoms with E-state index in [2.05, 4.69) is 20.8 Å². The Bertz CT molecular complexity index is 734. The number of thioether (sulfide) groups is 1. The Morgan fingerprint density at radius 3 is 2.65 bits per heavy atom. The number of aromatic nitrogens is 3. The van der Waals surface area contributed by atoms with Crippen molar-refractivity contribution in [3.05, 3.63) is 30.1 Å². The van der Waals surface area contributed by atoms with Gasteiger partial charge in [0, 0.05) is 14.1 Å². The number of nitrogens with zero attached hydrogens (tertiary/aromatic N) is 3. The number of nitrogens with one attached hydrogen (secondary N) is 2. The third-order valence-electron chi connectivity index (χ3n) is 3.06. The van der Waals surface area contributed by atoms with Crippen LogP contribution in [0.5, 0.6) is 0 Å². The fourth-order valence-electron chi connectivity index (χ4n) is 1.78. The third kappa shape index (κ3) is 3.86. The molecule has 2 N–H and O–H groups in total. The average molecular weight is 337 g/mol. The summed E-state index contributed by atoms with van der Waals surface area (Å²) in [4.78, 5) is 23.0. The minimum atomic E-state index is -0.576. The number of hydrogen-bond donors (Lipinski definition) is 2. The standard InChI is InChI=1S/C14H16FN5O2S/c1-8(12(21)17-13(22)16-2)23-14-19-18-11(20(14)3)9-6-4-5-7-10(9)15/h4-8H,1-3H3,(H2,16,17,21,22)/t8-/m1/s1. The molecule has 9 heteroatoms. The summed E-state index contributed by atoms with van der Waals surface area (Å²) in [5.41, 5.74) is 0.330. The van der Waals surface area contributed by atoms with Gasteiger partial charge in [0.05, 0.1) is 10.8 Å². The number of halogens is 1. The van der Waals surface area contributed by atoms with E-state index < -0.39 is 23.0 Å². The van der Waals surface area contributed by atoms with Gasteiger partial charge in [-0.1, -0.05) is 23.9 Å². The first kappa shape index (κ1) is 16.9. The highest BCUT2D eigenvalue weighted by atomic mass is 32.2. The highest BCUT2D eigenvalue weighted by molar-refractivity contribution is 8.00. The molecule has 0 aliphatic rings. The van der Waals surface area contributed by atoms with Gasteiger partial charge in [0.15, 0.2) is 11.0 Å². The van der Waals surface area contributed by atoms with E-state index in [0.717, 1.165) is 11.8 Å². The minimum Gasteiger partial charge on any atom is -0.341 e. The Labute approximate surface area is 136 Å². The number of imide groups is 1. The lowest BCUT2D eigenvalue weighted by molar-refractivity contribution is -0.119. The Kier molecular flexibility index (Phi) is 5.32. The molecule has 0 spiro atoms. The molecule has 3 amide bonds. The van der Waals surface area contributed by atoms with E-state index in [0.29, 0.717) is 16.5 Å². The number of carbonyl (C=O) groups is 2. The smallest absolute Gasteiger partial charge is 0.321 e. The van der Waals surface area contributed by atoms with Crippen LogP contribution in [0.4, 0.5) is 9.18 Å². The van der Waals surface area contributed by atoms with Gasteiger partial charge in [0.25, 0.3) is 0 Å².